The molecule has 1 aromatic carbocycles. The number of halogens is 4. The van der Waals surface area contributed by atoms with Crippen LogP contribution in [0.25, 0.3) is 0 Å². The van der Waals surface area contributed by atoms with E-state index in [1.807, 2.05) is 0 Å². The first-order chi connectivity index (χ1) is 11.8. The lowest BCUT2D eigenvalue weighted by molar-refractivity contribution is -0.147. The summed E-state index contributed by atoms with van der Waals surface area (Å²) in [5.41, 5.74) is 0.473. The summed E-state index contributed by atoms with van der Waals surface area (Å²) in [7, 11) is 1.19. The smallest absolute Gasteiger partial charge is 0.352 e. The fourth-order valence-corrected chi connectivity index (χ4v) is 3.20. The minimum Gasteiger partial charge on any atom is -0.352 e. The van der Waals surface area contributed by atoms with Crippen LogP contribution in [0.1, 0.15) is 29.5 Å². The van der Waals surface area contributed by atoms with Crippen LogP contribution in [0.2, 0.25) is 0 Å². The number of nitrogens with one attached hydrogen (secondary N) is 1. The Balaban J connectivity index is 1.88. The molecule has 3 rings (SSSR count). The Labute approximate surface area is 144 Å². The molecule has 0 aliphatic heterocycles. The van der Waals surface area contributed by atoms with Gasteiger partial charge < -0.3 is 9.88 Å². The van der Waals surface area contributed by atoms with E-state index in [0.29, 0.717) is 5.56 Å². The molecular weight excluding hydrogens is 360 g/mol. The highest BCUT2D eigenvalue weighted by Gasteiger charge is 2.38. The van der Waals surface area contributed by atoms with Crippen molar-refractivity contribution in [1.29, 1.82) is 0 Å². The van der Waals surface area contributed by atoms with Gasteiger partial charge in [-0.3, -0.25) is 4.79 Å². The second kappa shape index (κ2) is 6.66. The molecule has 1 saturated carbocycles. The van der Waals surface area contributed by atoms with Gasteiger partial charge in [0, 0.05) is 13.1 Å². The quantitative estimate of drug-likeness (QED) is 0.646. The third-order valence-electron chi connectivity index (χ3n) is 3.65. The van der Waals surface area contributed by atoms with Crippen molar-refractivity contribution in [2.75, 3.05) is 0 Å². The van der Waals surface area contributed by atoms with E-state index in [2.05, 4.69) is 15.5 Å². The van der Waals surface area contributed by atoms with Crippen LogP contribution in [0.5, 0.6) is 0 Å². The van der Waals surface area contributed by atoms with Crippen molar-refractivity contribution in [1.82, 2.24) is 20.1 Å². The number of hydrogen-bond acceptors (Lipinski definition) is 4. The third-order valence-corrected chi connectivity index (χ3v) is 4.93. The highest BCUT2D eigenvalue weighted by molar-refractivity contribution is 8.00. The molecule has 1 N–H and O–H groups in total. The number of hydrogen-bond donors (Lipinski definition) is 1. The van der Waals surface area contributed by atoms with E-state index in [4.69, 9.17) is 0 Å². The number of carbonyl (C=O) groups excluding carboxylic acids is 1. The maximum Gasteiger partial charge on any atom is 0.451 e. The minimum atomic E-state index is -4.64. The molecule has 1 fully saturated rings. The lowest BCUT2D eigenvalue weighted by Crippen LogP contribution is -2.30. The van der Waals surface area contributed by atoms with Gasteiger partial charge in [-0.05, 0) is 30.5 Å². The summed E-state index contributed by atoms with van der Waals surface area (Å²) in [5.74, 6) is -1.96. The number of nitrogens with zero attached hydrogens (tertiary/aromatic N) is 3. The molecule has 1 aliphatic carbocycles. The van der Waals surface area contributed by atoms with Crippen LogP contribution in [0.15, 0.2) is 29.4 Å². The maximum absolute atomic E-state index is 13.1. The molecule has 1 atom stereocenters. The molecule has 2 aromatic rings. The number of thioether (sulfide) groups is 1. The Kier molecular flexibility index (Phi) is 4.72. The molecule has 0 spiro atoms. The topological polar surface area (TPSA) is 59.8 Å². The van der Waals surface area contributed by atoms with Gasteiger partial charge in [0.25, 0.3) is 0 Å². The van der Waals surface area contributed by atoms with E-state index in [9.17, 15) is 22.4 Å². The van der Waals surface area contributed by atoms with Gasteiger partial charge in [0.15, 0.2) is 5.16 Å². The lowest BCUT2D eigenvalue weighted by Gasteiger charge is -2.16. The summed E-state index contributed by atoms with van der Waals surface area (Å²) in [6, 6.07) is 5.35. The highest BCUT2D eigenvalue weighted by atomic mass is 32.2. The average molecular weight is 374 g/mol. The van der Waals surface area contributed by atoms with Crippen LogP contribution < -0.4 is 5.32 Å². The molecule has 1 heterocycles. The van der Waals surface area contributed by atoms with Gasteiger partial charge in [-0.15, -0.1) is 10.2 Å². The van der Waals surface area contributed by atoms with Gasteiger partial charge in [0.1, 0.15) is 11.1 Å². The zero-order chi connectivity index (χ0) is 18.2. The fraction of sp³-hybridized carbons (Fsp3) is 0.400. The Morgan fingerprint density at radius 1 is 1.28 bits per heavy atom. The molecule has 1 aromatic heterocycles. The van der Waals surface area contributed by atoms with Crippen LogP contribution in [-0.2, 0) is 18.0 Å². The second-order valence-electron chi connectivity index (χ2n) is 5.70. The number of aromatic nitrogens is 3. The molecule has 1 amide bonds. The van der Waals surface area contributed by atoms with E-state index in [-0.39, 0.29) is 17.1 Å². The van der Waals surface area contributed by atoms with Crippen LogP contribution in [0, 0.1) is 5.82 Å². The van der Waals surface area contributed by atoms with Crippen molar-refractivity contribution in [3.63, 3.8) is 0 Å². The lowest BCUT2D eigenvalue weighted by atomic mass is 10.1. The Hall–Kier alpha value is -2.10. The predicted octanol–water partition coefficient (Wildman–Crippen LogP) is 3.09. The zero-order valence-electron chi connectivity index (χ0n) is 13.0. The largest absolute Gasteiger partial charge is 0.451 e. The van der Waals surface area contributed by atoms with Gasteiger partial charge in [-0.1, -0.05) is 23.9 Å². The molecule has 5 nitrogen and oxygen atoms in total. The number of amides is 1. The first-order valence-electron chi connectivity index (χ1n) is 7.45. The van der Waals surface area contributed by atoms with Crippen molar-refractivity contribution < 1.29 is 22.4 Å². The average Bonchev–Trinajstić information content (AvgIpc) is 3.26. The van der Waals surface area contributed by atoms with Crippen molar-refractivity contribution >= 4 is 17.7 Å². The van der Waals surface area contributed by atoms with E-state index in [1.54, 1.807) is 0 Å². The van der Waals surface area contributed by atoms with Gasteiger partial charge in [0.05, 0.1) is 0 Å². The Morgan fingerprint density at radius 2 is 1.92 bits per heavy atom. The molecule has 134 valence electrons. The fourth-order valence-electron chi connectivity index (χ4n) is 2.18. The number of carbonyl (C=O) groups is 1. The predicted molar refractivity (Wildman–Crippen MR) is 82.2 cm³/mol. The van der Waals surface area contributed by atoms with E-state index in [0.717, 1.165) is 29.2 Å². The first-order valence-corrected chi connectivity index (χ1v) is 8.33. The zero-order valence-corrected chi connectivity index (χ0v) is 13.9. The molecule has 0 radical (unpaired) electrons. The van der Waals surface area contributed by atoms with Gasteiger partial charge >= 0.3 is 6.18 Å². The Morgan fingerprint density at radius 3 is 2.44 bits per heavy atom. The minimum absolute atomic E-state index is 0.0485. The standard InChI is InChI=1S/C15H14F4N4OS/c1-23-13(15(17,18)19)21-22-14(23)25-11(12(24)20-10-6-7-10)8-2-4-9(16)5-3-8/h2-5,10-11H,6-7H2,1H3,(H,20,24). The van der Waals surface area contributed by atoms with Crippen LogP contribution in [-0.4, -0.2) is 26.7 Å². The molecule has 1 aliphatic rings. The van der Waals surface area contributed by atoms with Gasteiger partial charge in [0.2, 0.25) is 11.7 Å². The third kappa shape index (κ3) is 4.12. The summed E-state index contributed by atoms with van der Waals surface area (Å²) < 4.78 is 52.5. The number of alkyl halides is 3. The molecular formula is C15H14F4N4OS. The monoisotopic (exact) mass is 374 g/mol. The second-order valence-corrected chi connectivity index (χ2v) is 6.77. The highest BCUT2D eigenvalue weighted by Crippen LogP contribution is 2.37. The summed E-state index contributed by atoms with van der Waals surface area (Å²) in [6.45, 7) is 0. The normalized spacial score (nSPS) is 15.9. The van der Waals surface area contributed by atoms with E-state index in [1.165, 1.54) is 31.3 Å². The van der Waals surface area contributed by atoms with Gasteiger partial charge in [-0.2, -0.15) is 13.2 Å². The van der Waals surface area contributed by atoms with Crippen molar-refractivity contribution in [3.8, 4) is 0 Å². The summed E-state index contributed by atoms with van der Waals surface area (Å²) >= 11 is 0.844. The summed E-state index contributed by atoms with van der Waals surface area (Å²) in [5, 5.41) is 8.61. The summed E-state index contributed by atoms with van der Waals surface area (Å²) in [4.78, 5) is 12.5. The molecule has 0 saturated heterocycles. The van der Waals surface area contributed by atoms with Crippen molar-refractivity contribution in [2.24, 2.45) is 7.05 Å². The van der Waals surface area contributed by atoms with E-state index < -0.39 is 23.1 Å². The Bertz CT molecular complexity index is 771. The SMILES string of the molecule is Cn1c(SC(C(=O)NC2CC2)c2ccc(F)cc2)nnc1C(F)(F)F. The molecule has 0 bridgehead atoms. The summed E-state index contributed by atoms with van der Waals surface area (Å²) in [6.07, 6.45) is -2.90. The molecule has 25 heavy (non-hydrogen) atoms. The maximum atomic E-state index is 13.1. The molecule has 10 heteroatoms. The molecule has 1 unspecified atom stereocenters. The van der Waals surface area contributed by atoms with Crippen LogP contribution in [0.4, 0.5) is 17.6 Å². The van der Waals surface area contributed by atoms with E-state index >= 15 is 0 Å². The number of benzene rings is 1. The van der Waals surface area contributed by atoms with Crippen LogP contribution in [0.3, 0.4) is 0 Å². The van der Waals surface area contributed by atoms with Crippen molar-refractivity contribution in [2.45, 2.75) is 35.5 Å². The first kappa shape index (κ1) is 17.7. The van der Waals surface area contributed by atoms with Crippen LogP contribution >= 0.6 is 11.8 Å². The van der Waals surface area contributed by atoms with Crippen molar-refractivity contribution in [3.05, 3.63) is 41.5 Å². The van der Waals surface area contributed by atoms with Gasteiger partial charge in [-0.25, -0.2) is 4.39 Å². The number of rotatable bonds is 5.